The van der Waals surface area contributed by atoms with Gasteiger partial charge in [0.15, 0.2) is 5.41 Å². The van der Waals surface area contributed by atoms with E-state index in [2.05, 4.69) is 10.6 Å². The van der Waals surface area contributed by atoms with E-state index >= 15 is 0 Å². The molecular weight excluding hydrogens is 257 g/mol. The minimum absolute atomic E-state index is 0.000224. The Balaban J connectivity index is 2.66. The number of hydrogen-bond donors (Lipinski definition) is 2. The first-order valence-corrected chi connectivity index (χ1v) is 6.88. The maximum atomic E-state index is 12.9. The SMILES string of the molecule is CS(=O)CCNC(=O)C1(C(F)(F)F)CCNC1. The highest BCUT2D eigenvalue weighted by atomic mass is 32.2. The van der Waals surface area contributed by atoms with Crippen molar-refractivity contribution in [3.8, 4) is 0 Å². The van der Waals surface area contributed by atoms with Crippen LogP contribution in [0, 0.1) is 5.41 Å². The quantitative estimate of drug-likeness (QED) is 0.759. The van der Waals surface area contributed by atoms with Crippen LogP contribution in [0.15, 0.2) is 0 Å². The summed E-state index contributed by atoms with van der Waals surface area (Å²) in [6, 6.07) is 0. The van der Waals surface area contributed by atoms with Crippen LogP contribution in [0.2, 0.25) is 0 Å². The Morgan fingerprint density at radius 3 is 2.59 bits per heavy atom. The summed E-state index contributed by atoms with van der Waals surface area (Å²) in [7, 11) is -1.13. The maximum absolute atomic E-state index is 12.9. The van der Waals surface area contributed by atoms with Crippen molar-refractivity contribution in [2.45, 2.75) is 12.6 Å². The summed E-state index contributed by atoms with van der Waals surface area (Å²) < 4.78 is 49.4. The number of nitrogens with one attached hydrogen (secondary N) is 2. The molecule has 1 aliphatic heterocycles. The molecule has 1 amide bonds. The van der Waals surface area contributed by atoms with Crippen molar-refractivity contribution in [3.05, 3.63) is 0 Å². The zero-order valence-corrected chi connectivity index (χ0v) is 10.2. The number of halogens is 3. The fourth-order valence-electron chi connectivity index (χ4n) is 1.73. The van der Waals surface area contributed by atoms with Crippen molar-refractivity contribution in [1.29, 1.82) is 0 Å². The van der Waals surface area contributed by atoms with Gasteiger partial charge in [-0.2, -0.15) is 13.2 Å². The molecule has 0 radical (unpaired) electrons. The Morgan fingerprint density at radius 1 is 1.53 bits per heavy atom. The molecule has 1 aliphatic rings. The smallest absolute Gasteiger partial charge is 0.354 e. The zero-order valence-electron chi connectivity index (χ0n) is 9.39. The second-order valence-electron chi connectivity index (χ2n) is 4.04. The lowest BCUT2D eigenvalue weighted by Crippen LogP contribution is -2.52. The van der Waals surface area contributed by atoms with Gasteiger partial charge in [0, 0.05) is 35.9 Å². The van der Waals surface area contributed by atoms with Gasteiger partial charge in [-0.3, -0.25) is 9.00 Å². The van der Waals surface area contributed by atoms with E-state index in [-0.39, 0.29) is 25.3 Å². The van der Waals surface area contributed by atoms with Gasteiger partial charge < -0.3 is 10.6 Å². The molecule has 1 fully saturated rings. The molecule has 0 aliphatic carbocycles. The second-order valence-corrected chi connectivity index (χ2v) is 5.59. The summed E-state index contributed by atoms with van der Waals surface area (Å²) in [5, 5.41) is 4.77. The van der Waals surface area contributed by atoms with Gasteiger partial charge in [-0.25, -0.2) is 0 Å². The van der Waals surface area contributed by atoms with Crippen molar-refractivity contribution < 1.29 is 22.2 Å². The Bertz CT molecular complexity index is 314. The minimum Gasteiger partial charge on any atom is -0.354 e. The standard InChI is InChI=1S/C9H15F3N2O2S/c1-17(16)5-4-14-7(15)8(9(10,11)12)2-3-13-6-8/h13H,2-6H2,1H3,(H,14,15). The van der Waals surface area contributed by atoms with E-state index in [0.29, 0.717) is 0 Å². The highest BCUT2D eigenvalue weighted by Gasteiger charge is 2.61. The highest BCUT2D eigenvalue weighted by molar-refractivity contribution is 7.84. The van der Waals surface area contributed by atoms with Gasteiger partial charge in [-0.15, -0.1) is 0 Å². The van der Waals surface area contributed by atoms with Crippen LogP contribution in [0.3, 0.4) is 0 Å². The Morgan fingerprint density at radius 2 is 2.18 bits per heavy atom. The third-order valence-electron chi connectivity index (χ3n) is 2.81. The Labute approximate surface area is 99.8 Å². The van der Waals surface area contributed by atoms with Crippen LogP contribution in [-0.2, 0) is 15.6 Å². The number of hydrogen-bond acceptors (Lipinski definition) is 3. The molecule has 0 aromatic carbocycles. The van der Waals surface area contributed by atoms with E-state index in [9.17, 15) is 22.2 Å². The van der Waals surface area contributed by atoms with Crippen molar-refractivity contribution in [1.82, 2.24) is 10.6 Å². The fraction of sp³-hybridized carbons (Fsp3) is 0.889. The molecule has 1 rings (SSSR count). The van der Waals surface area contributed by atoms with E-state index in [1.807, 2.05) is 0 Å². The monoisotopic (exact) mass is 272 g/mol. The van der Waals surface area contributed by atoms with Gasteiger partial charge in [0.1, 0.15) is 0 Å². The number of carbonyl (C=O) groups excluding carboxylic acids is 1. The molecule has 17 heavy (non-hydrogen) atoms. The number of carbonyl (C=O) groups is 1. The van der Waals surface area contributed by atoms with Crippen LogP contribution < -0.4 is 10.6 Å². The normalized spacial score (nSPS) is 26.8. The van der Waals surface area contributed by atoms with E-state index in [1.165, 1.54) is 6.26 Å². The summed E-state index contributed by atoms with van der Waals surface area (Å²) in [5.41, 5.74) is -2.33. The molecule has 2 atom stereocenters. The van der Waals surface area contributed by atoms with Gasteiger partial charge >= 0.3 is 6.18 Å². The second kappa shape index (κ2) is 5.34. The van der Waals surface area contributed by atoms with Gasteiger partial charge in [0.05, 0.1) is 0 Å². The Hall–Kier alpha value is -0.630. The number of amides is 1. The number of alkyl halides is 3. The van der Waals surface area contributed by atoms with Crippen molar-refractivity contribution in [2.75, 3.05) is 31.6 Å². The maximum Gasteiger partial charge on any atom is 0.404 e. The first kappa shape index (κ1) is 14.4. The predicted molar refractivity (Wildman–Crippen MR) is 57.9 cm³/mol. The van der Waals surface area contributed by atoms with Gasteiger partial charge in [0.25, 0.3) is 0 Å². The molecule has 0 spiro atoms. The molecule has 0 saturated carbocycles. The third kappa shape index (κ3) is 3.19. The Kier molecular flexibility index (Phi) is 4.54. The predicted octanol–water partition coefficient (Wildman–Crippen LogP) is 0.0231. The average molecular weight is 272 g/mol. The van der Waals surface area contributed by atoms with Gasteiger partial charge in [-0.05, 0) is 13.0 Å². The van der Waals surface area contributed by atoms with Gasteiger partial charge in [0.2, 0.25) is 5.91 Å². The lowest BCUT2D eigenvalue weighted by atomic mass is 9.85. The lowest BCUT2D eigenvalue weighted by Gasteiger charge is -2.29. The number of rotatable bonds is 4. The molecule has 0 aromatic heterocycles. The molecule has 0 aromatic rings. The third-order valence-corrected chi connectivity index (χ3v) is 3.59. The van der Waals surface area contributed by atoms with Crippen LogP contribution in [0.25, 0.3) is 0 Å². The summed E-state index contributed by atoms with van der Waals surface area (Å²) in [6.07, 6.45) is -3.38. The largest absolute Gasteiger partial charge is 0.404 e. The summed E-state index contributed by atoms with van der Waals surface area (Å²) in [5.74, 6) is -0.868. The molecule has 2 unspecified atom stereocenters. The molecule has 8 heteroatoms. The molecule has 1 heterocycles. The topological polar surface area (TPSA) is 58.2 Å². The molecule has 100 valence electrons. The minimum atomic E-state index is -4.56. The zero-order chi connectivity index (χ0) is 13.1. The molecule has 1 saturated heterocycles. The molecular formula is C9H15F3N2O2S. The molecule has 2 N–H and O–H groups in total. The van der Waals surface area contributed by atoms with E-state index in [0.717, 1.165) is 0 Å². The summed E-state index contributed by atoms with van der Waals surface area (Å²) >= 11 is 0. The fourth-order valence-corrected chi connectivity index (χ4v) is 2.12. The van der Waals surface area contributed by atoms with Crippen LogP contribution in [0.5, 0.6) is 0 Å². The first-order valence-electron chi connectivity index (χ1n) is 5.15. The molecule has 4 nitrogen and oxygen atoms in total. The lowest BCUT2D eigenvalue weighted by molar-refractivity contribution is -0.215. The van der Waals surface area contributed by atoms with Crippen LogP contribution >= 0.6 is 0 Å². The van der Waals surface area contributed by atoms with E-state index in [4.69, 9.17) is 0 Å². The summed E-state index contributed by atoms with van der Waals surface area (Å²) in [6.45, 7) is -0.218. The van der Waals surface area contributed by atoms with E-state index < -0.39 is 34.8 Å². The van der Waals surface area contributed by atoms with Crippen LogP contribution in [0.1, 0.15) is 6.42 Å². The van der Waals surface area contributed by atoms with Crippen molar-refractivity contribution >= 4 is 16.7 Å². The van der Waals surface area contributed by atoms with Crippen LogP contribution in [-0.4, -0.2) is 47.9 Å². The van der Waals surface area contributed by atoms with E-state index in [1.54, 1.807) is 0 Å². The van der Waals surface area contributed by atoms with Crippen molar-refractivity contribution in [2.24, 2.45) is 5.41 Å². The summed E-state index contributed by atoms with van der Waals surface area (Å²) in [4.78, 5) is 11.6. The van der Waals surface area contributed by atoms with Crippen molar-refractivity contribution in [3.63, 3.8) is 0 Å². The average Bonchev–Trinajstić information content (AvgIpc) is 2.65. The highest BCUT2D eigenvalue weighted by Crippen LogP contribution is 2.43. The molecule has 0 bridgehead atoms. The van der Waals surface area contributed by atoms with Crippen LogP contribution in [0.4, 0.5) is 13.2 Å². The first-order chi connectivity index (χ1) is 7.79. The van der Waals surface area contributed by atoms with Gasteiger partial charge in [-0.1, -0.05) is 0 Å².